The number of aromatic nitrogens is 1. The molecule has 1 aliphatic carbocycles. The summed E-state index contributed by atoms with van der Waals surface area (Å²) in [5.41, 5.74) is 8.56. The van der Waals surface area contributed by atoms with Gasteiger partial charge in [0.2, 0.25) is 0 Å². The Bertz CT molecular complexity index is 585. The maximum absolute atomic E-state index is 6.63. The van der Waals surface area contributed by atoms with Gasteiger partial charge in [0.05, 0.1) is 17.2 Å². The van der Waals surface area contributed by atoms with E-state index in [1.165, 1.54) is 19.3 Å². The molecule has 1 aromatic carbocycles. The molecule has 1 aromatic heterocycles. The van der Waals surface area contributed by atoms with E-state index in [0.29, 0.717) is 0 Å². The lowest BCUT2D eigenvalue weighted by atomic mass is 9.76. The Hall–Kier alpha value is -1.45. The summed E-state index contributed by atoms with van der Waals surface area (Å²) in [5, 5.41) is 1.14. The number of hydrogen-bond donors (Lipinski definition) is 1. The smallest absolute Gasteiger partial charge is 0.0870 e. The van der Waals surface area contributed by atoms with E-state index in [4.69, 9.17) is 10.5 Å². The van der Waals surface area contributed by atoms with Crippen LogP contribution in [0.1, 0.15) is 43.7 Å². The van der Waals surface area contributed by atoms with Gasteiger partial charge in [-0.2, -0.15) is 0 Å². The second-order valence-corrected chi connectivity index (χ2v) is 5.72. The molecule has 1 saturated carbocycles. The van der Waals surface area contributed by atoms with Crippen molar-refractivity contribution in [2.45, 2.75) is 43.7 Å². The first-order valence-electron chi connectivity index (χ1n) is 7.41. The first-order valence-corrected chi connectivity index (χ1v) is 7.41. The molecule has 2 aromatic rings. The number of benzene rings is 1. The summed E-state index contributed by atoms with van der Waals surface area (Å²) >= 11 is 0. The van der Waals surface area contributed by atoms with Crippen molar-refractivity contribution in [3.63, 3.8) is 0 Å². The second-order valence-electron chi connectivity index (χ2n) is 5.72. The zero-order valence-electron chi connectivity index (χ0n) is 12.0. The predicted molar refractivity (Wildman–Crippen MR) is 81.5 cm³/mol. The van der Waals surface area contributed by atoms with E-state index in [9.17, 15) is 0 Å². The molecule has 1 fully saturated rings. The molecular formula is C17H22N2O. The number of nitrogens with zero attached hydrogens (tertiary/aromatic N) is 1. The van der Waals surface area contributed by atoms with Crippen LogP contribution in [0, 0.1) is 0 Å². The van der Waals surface area contributed by atoms with E-state index >= 15 is 0 Å². The molecule has 106 valence electrons. The third kappa shape index (κ3) is 2.21. The number of fused-ring (bicyclic) bond motifs is 1. The third-order valence-corrected chi connectivity index (χ3v) is 4.69. The molecule has 1 unspecified atom stereocenters. The van der Waals surface area contributed by atoms with Crippen molar-refractivity contribution in [1.29, 1.82) is 0 Å². The van der Waals surface area contributed by atoms with Crippen LogP contribution in [-0.2, 0) is 4.74 Å². The molecule has 0 aliphatic heterocycles. The molecule has 1 atom stereocenters. The molecule has 3 rings (SSSR count). The topological polar surface area (TPSA) is 48.1 Å². The minimum Gasteiger partial charge on any atom is -0.376 e. The maximum Gasteiger partial charge on any atom is 0.0870 e. The monoisotopic (exact) mass is 270 g/mol. The third-order valence-electron chi connectivity index (χ3n) is 4.69. The molecule has 2 N–H and O–H groups in total. The maximum atomic E-state index is 6.63. The summed E-state index contributed by atoms with van der Waals surface area (Å²) in [4.78, 5) is 4.42. The van der Waals surface area contributed by atoms with E-state index in [-0.39, 0.29) is 11.6 Å². The zero-order chi connectivity index (χ0) is 14.0. The van der Waals surface area contributed by atoms with E-state index < -0.39 is 0 Å². The van der Waals surface area contributed by atoms with Gasteiger partial charge in [0, 0.05) is 18.7 Å². The van der Waals surface area contributed by atoms with Crippen molar-refractivity contribution in [3.05, 3.63) is 42.1 Å². The minimum absolute atomic E-state index is 0.0966. The molecule has 20 heavy (non-hydrogen) atoms. The Labute approximate surface area is 120 Å². The van der Waals surface area contributed by atoms with Gasteiger partial charge in [-0.05, 0) is 30.5 Å². The van der Waals surface area contributed by atoms with Gasteiger partial charge in [0.15, 0.2) is 0 Å². The Balaban J connectivity index is 2.05. The van der Waals surface area contributed by atoms with Gasteiger partial charge in [-0.15, -0.1) is 0 Å². The standard InChI is InChI=1S/C17H22N2O/c1-20-17(10-3-2-4-11-17)16(18)14-7-5-9-15-13(14)8-6-12-19-15/h5-9,12,16H,2-4,10-11,18H2,1H3. The van der Waals surface area contributed by atoms with E-state index in [2.05, 4.69) is 17.1 Å². The summed E-state index contributed by atoms with van der Waals surface area (Å²) < 4.78 is 5.90. The van der Waals surface area contributed by atoms with Crippen LogP contribution >= 0.6 is 0 Å². The number of ether oxygens (including phenoxy) is 1. The number of pyridine rings is 1. The quantitative estimate of drug-likeness (QED) is 0.927. The summed E-state index contributed by atoms with van der Waals surface area (Å²) in [5.74, 6) is 0. The van der Waals surface area contributed by atoms with Gasteiger partial charge in [-0.1, -0.05) is 37.5 Å². The summed E-state index contributed by atoms with van der Waals surface area (Å²) in [6, 6.07) is 10.2. The lowest BCUT2D eigenvalue weighted by Crippen LogP contribution is -2.44. The van der Waals surface area contributed by atoms with Crippen LogP contribution in [-0.4, -0.2) is 17.7 Å². The fraction of sp³-hybridized carbons (Fsp3) is 0.471. The zero-order valence-corrected chi connectivity index (χ0v) is 12.0. The van der Waals surface area contributed by atoms with Gasteiger partial charge in [-0.3, -0.25) is 4.98 Å². The van der Waals surface area contributed by atoms with Crippen LogP contribution < -0.4 is 5.73 Å². The lowest BCUT2D eigenvalue weighted by Gasteiger charge is -2.41. The van der Waals surface area contributed by atoms with E-state index in [1.54, 1.807) is 7.11 Å². The largest absolute Gasteiger partial charge is 0.376 e. The van der Waals surface area contributed by atoms with Crippen LogP contribution in [0.5, 0.6) is 0 Å². The highest BCUT2D eigenvalue weighted by Crippen LogP contribution is 2.41. The Morgan fingerprint density at radius 1 is 1.15 bits per heavy atom. The van der Waals surface area contributed by atoms with E-state index in [0.717, 1.165) is 29.3 Å². The van der Waals surface area contributed by atoms with E-state index in [1.807, 2.05) is 24.4 Å². The SMILES string of the molecule is COC1(C(N)c2cccc3ncccc23)CCCCC1. The van der Waals surface area contributed by atoms with Crippen LogP contribution in [0.3, 0.4) is 0 Å². The van der Waals surface area contributed by atoms with Gasteiger partial charge < -0.3 is 10.5 Å². The average Bonchev–Trinajstić information content (AvgIpc) is 2.54. The number of nitrogens with two attached hydrogens (primary N) is 1. The highest BCUT2D eigenvalue weighted by atomic mass is 16.5. The molecule has 1 aliphatic rings. The van der Waals surface area contributed by atoms with Crippen molar-refractivity contribution < 1.29 is 4.74 Å². The van der Waals surface area contributed by atoms with Crippen LogP contribution in [0.25, 0.3) is 10.9 Å². The van der Waals surface area contributed by atoms with Crippen LogP contribution in [0.15, 0.2) is 36.5 Å². The summed E-state index contributed by atoms with van der Waals surface area (Å²) in [7, 11) is 1.80. The van der Waals surface area contributed by atoms with Crippen molar-refractivity contribution >= 4 is 10.9 Å². The molecule has 0 bridgehead atoms. The molecule has 0 spiro atoms. The lowest BCUT2D eigenvalue weighted by molar-refractivity contribution is -0.0592. The van der Waals surface area contributed by atoms with Crippen molar-refractivity contribution in [2.24, 2.45) is 5.73 Å². The summed E-state index contributed by atoms with van der Waals surface area (Å²) in [6.07, 6.45) is 7.59. The van der Waals surface area contributed by atoms with Crippen molar-refractivity contribution in [1.82, 2.24) is 4.98 Å². The predicted octanol–water partition coefficient (Wildman–Crippen LogP) is 3.58. The van der Waals surface area contributed by atoms with Gasteiger partial charge >= 0.3 is 0 Å². The Morgan fingerprint density at radius 2 is 1.95 bits per heavy atom. The first-order chi connectivity index (χ1) is 9.77. The molecule has 1 heterocycles. The molecule has 3 nitrogen and oxygen atoms in total. The minimum atomic E-state index is -0.220. The molecule has 3 heteroatoms. The molecule has 0 radical (unpaired) electrons. The van der Waals surface area contributed by atoms with Crippen LogP contribution in [0.2, 0.25) is 0 Å². The first kappa shape index (κ1) is 13.5. The fourth-order valence-corrected chi connectivity index (χ4v) is 3.47. The Kier molecular flexibility index (Phi) is 3.72. The second kappa shape index (κ2) is 5.51. The Morgan fingerprint density at radius 3 is 2.70 bits per heavy atom. The highest BCUT2D eigenvalue weighted by Gasteiger charge is 2.39. The van der Waals surface area contributed by atoms with Gasteiger partial charge in [0.25, 0.3) is 0 Å². The molecule has 0 saturated heterocycles. The highest BCUT2D eigenvalue weighted by molar-refractivity contribution is 5.82. The van der Waals surface area contributed by atoms with Gasteiger partial charge in [0.1, 0.15) is 0 Å². The molecule has 0 amide bonds. The van der Waals surface area contributed by atoms with Crippen molar-refractivity contribution in [3.8, 4) is 0 Å². The normalized spacial score (nSPS) is 19.9. The summed E-state index contributed by atoms with van der Waals surface area (Å²) in [6.45, 7) is 0. The molecular weight excluding hydrogens is 248 g/mol. The fourth-order valence-electron chi connectivity index (χ4n) is 3.47. The number of rotatable bonds is 3. The number of hydrogen-bond acceptors (Lipinski definition) is 3. The number of methoxy groups -OCH3 is 1. The van der Waals surface area contributed by atoms with Gasteiger partial charge in [-0.25, -0.2) is 0 Å². The average molecular weight is 270 g/mol. The van der Waals surface area contributed by atoms with Crippen LogP contribution in [0.4, 0.5) is 0 Å². The van der Waals surface area contributed by atoms with Crippen molar-refractivity contribution in [2.75, 3.05) is 7.11 Å².